The first-order chi connectivity index (χ1) is 15.0. The second-order valence-corrected chi connectivity index (χ2v) is 8.15. The molecule has 2 aliphatic rings. The third-order valence-electron chi connectivity index (χ3n) is 5.76. The van der Waals surface area contributed by atoms with E-state index in [1.54, 1.807) is 11.0 Å². The summed E-state index contributed by atoms with van der Waals surface area (Å²) in [5.41, 5.74) is 2.58. The fourth-order valence-electron chi connectivity index (χ4n) is 4.16. The lowest BCUT2D eigenvalue weighted by Gasteiger charge is -2.27. The van der Waals surface area contributed by atoms with Gasteiger partial charge in [0, 0.05) is 48.7 Å². The standard InChI is InChI=1S/C24H29N3O4/c1-4-26(16(2)3)19-7-5-18(6-8-19)25-24(29)17-13-23(28)27(15-17)20-9-10-21-22(14-20)31-12-11-30-21/h5-10,14,16-17H,4,11-13,15H2,1-3H3,(H,25,29)/t17-/m0/s1. The first kappa shape index (κ1) is 21.0. The summed E-state index contributed by atoms with van der Waals surface area (Å²) < 4.78 is 11.2. The van der Waals surface area contributed by atoms with Gasteiger partial charge in [0.25, 0.3) is 0 Å². The van der Waals surface area contributed by atoms with E-state index in [2.05, 4.69) is 31.0 Å². The topological polar surface area (TPSA) is 71.1 Å². The van der Waals surface area contributed by atoms with Crippen molar-refractivity contribution in [2.75, 3.05) is 41.4 Å². The lowest BCUT2D eigenvalue weighted by Crippen LogP contribution is -2.30. The molecule has 0 aliphatic carbocycles. The van der Waals surface area contributed by atoms with Crippen molar-refractivity contribution in [1.29, 1.82) is 0 Å². The number of rotatable bonds is 6. The van der Waals surface area contributed by atoms with Gasteiger partial charge < -0.3 is 24.6 Å². The molecular weight excluding hydrogens is 394 g/mol. The van der Waals surface area contributed by atoms with Crippen molar-refractivity contribution >= 4 is 28.9 Å². The van der Waals surface area contributed by atoms with Gasteiger partial charge >= 0.3 is 0 Å². The van der Waals surface area contributed by atoms with Crippen LogP contribution in [0.25, 0.3) is 0 Å². The number of carbonyl (C=O) groups is 2. The van der Waals surface area contributed by atoms with Gasteiger partial charge in [0.2, 0.25) is 11.8 Å². The molecule has 2 aromatic carbocycles. The number of nitrogens with zero attached hydrogens (tertiary/aromatic N) is 2. The van der Waals surface area contributed by atoms with E-state index in [9.17, 15) is 9.59 Å². The number of hydrogen-bond acceptors (Lipinski definition) is 5. The van der Waals surface area contributed by atoms with Gasteiger partial charge in [-0.25, -0.2) is 0 Å². The van der Waals surface area contributed by atoms with Crippen LogP contribution in [0.15, 0.2) is 42.5 Å². The van der Waals surface area contributed by atoms with Gasteiger partial charge in [-0.3, -0.25) is 9.59 Å². The predicted octanol–water partition coefficient (Wildman–Crippen LogP) is 3.68. The first-order valence-electron chi connectivity index (χ1n) is 10.8. The number of amides is 2. The number of benzene rings is 2. The summed E-state index contributed by atoms with van der Waals surface area (Å²) in [6.45, 7) is 8.71. The van der Waals surface area contributed by atoms with E-state index < -0.39 is 5.92 Å². The zero-order valence-corrected chi connectivity index (χ0v) is 18.3. The fourth-order valence-corrected chi connectivity index (χ4v) is 4.16. The molecule has 7 nitrogen and oxygen atoms in total. The Morgan fingerprint density at radius 2 is 1.84 bits per heavy atom. The Hall–Kier alpha value is -3.22. The number of nitrogens with one attached hydrogen (secondary N) is 1. The van der Waals surface area contributed by atoms with Crippen molar-refractivity contribution in [2.45, 2.75) is 33.2 Å². The average molecular weight is 424 g/mol. The van der Waals surface area contributed by atoms with Crippen molar-refractivity contribution in [3.63, 3.8) is 0 Å². The van der Waals surface area contributed by atoms with E-state index in [4.69, 9.17) is 9.47 Å². The van der Waals surface area contributed by atoms with Gasteiger partial charge in [-0.1, -0.05) is 0 Å². The monoisotopic (exact) mass is 423 g/mol. The molecule has 1 atom stereocenters. The Bertz CT molecular complexity index is 958. The Kier molecular flexibility index (Phi) is 6.02. The maximum atomic E-state index is 12.8. The molecule has 4 rings (SSSR count). The lowest BCUT2D eigenvalue weighted by atomic mass is 10.1. The molecule has 31 heavy (non-hydrogen) atoms. The molecule has 2 amide bonds. The van der Waals surface area contributed by atoms with Crippen molar-refractivity contribution in [3.8, 4) is 11.5 Å². The summed E-state index contributed by atoms with van der Waals surface area (Å²) in [6.07, 6.45) is 0.190. The smallest absolute Gasteiger partial charge is 0.229 e. The summed E-state index contributed by atoms with van der Waals surface area (Å²) >= 11 is 0. The van der Waals surface area contributed by atoms with Crippen molar-refractivity contribution in [1.82, 2.24) is 0 Å². The molecule has 0 bridgehead atoms. The molecule has 2 aromatic rings. The minimum absolute atomic E-state index is 0.0669. The number of ether oxygens (including phenoxy) is 2. The van der Waals surface area contributed by atoms with E-state index in [1.807, 2.05) is 36.4 Å². The van der Waals surface area contributed by atoms with Crippen molar-refractivity contribution < 1.29 is 19.1 Å². The quantitative estimate of drug-likeness (QED) is 0.767. The van der Waals surface area contributed by atoms with Gasteiger partial charge in [0.05, 0.1) is 5.92 Å². The molecule has 1 saturated heterocycles. The van der Waals surface area contributed by atoms with E-state index in [1.165, 1.54) is 0 Å². The minimum Gasteiger partial charge on any atom is -0.486 e. The highest BCUT2D eigenvalue weighted by Gasteiger charge is 2.35. The van der Waals surface area contributed by atoms with Crippen LogP contribution >= 0.6 is 0 Å². The van der Waals surface area contributed by atoms with E-state index in [0.29, 0.717) is 37.3 Å². The minimum atomic E-state index is -0.400. The summed E-state index contributed by atoms with van der Waals surface area (Å²) in [5.74, 6) is 0.703. The van der Waals surface area contributed by atoms with Gasteiger partial charge in [0.15, 0.2) is 11.5 Å². The fraction of sp³-hybridized carbons (Fsp3) is 0.417. The summed E-state index contributed by atoms with van der Waals surface area (Å²) in [4.78, 5) is 29.3. The molecule has 7 heteroatoms. The predicted molar refractivity (Wildman–Crippen MR) is 121 cm³/mol. The van der Waals surface area contributed by atoms with Crippen LogP contribution in [-0.4, -0.2) is 44.2 Å². The van der Waals surface area contributed by atoms with Crippen LogP contribution in [0.4, 0.5) is 17.1 Å². The molecule has 0 spiro atoms. The van der Waals surface area contributed by atoms with Crippen LogP contribution in [0, 0.1) is 5.92 Å². The molecule has 2 aliphatic heterocycles. The molecule has 1 fully saturated rings. The second kappa shape index (κ2) is 8.88. The number of carbonyl (C=O) groups excluding carboxylic acids is 2. The van der Waals surface area contributed by atoms with Crippen molar-refractivity contribution in [3.05, 3.63) is 42.5 Å². The average Bonchev–Trinajstić information content (AvgIpc) is 3.16. The molecular formula is C24H29N3O4. The highest BCUT2D eigenvalue weighted by molar-refractivity contribution is 6.03. The highest BCUT2D eigenvalue weighted by Crippen LogP contribution is 2.36. The van der Waals surface area contributed by atoms with Gasteiger partial charge in [-0.15, -0.1) is 0 Å². The zero-order valence-electron chi connectivity index (χ0n) is 18.3. The Balaban J connectivity index is 1.40. The molecule has 0 aromatic heterocycles. The Labute approximate surface area is 182 Å². The number of fused-ring (bicyclic) bond motifs is 1. The van der Waals surface area contributed by atoms with Gasteiger partial charge in [-0.2, -0.15) is 0 Å². The van der Waals surface area contributed by atoms with E-state index in [0.717, 1.165) is 23.6 Å². The maximum Gasteiger partial charge on any atom is 0.229 e. The normalized spacial score (nSPS) is 17.7. The number of anilines is 3. The van der Waals surface area contributed by atoms with Crippen LogP contribution in [0.2, 0.25) is 0 Å². The van der Waals surface area contributed by atoms with Crippen LogP contribution in [0.3, 0.4) is 0 Å². The van der Waals surface area contributed by atoms with Gasteiger partial charge in [0.1, 0.15) is 13.2 Å². The molecule has 0 saturated carbocycles. The van der Waals surface area contributed by atoms with E-state index in [-0.39, 0.29) is 18.2 Å². The zero-order chi connectivity index (χ0) is 22.0. The van der Waals surface area contributed by atoms with Crippen LogP contribution in [0.5, 0.6) is 11.5 Å². The maximum absolute atomic E-state index is 12.8. The molecule has 2 heterocycles. The van der Waals surface area contributed by atoms with Crippen LogP contribution in [-0.2, 0) is 9.59 Å². The number of hydrogen-bond donors (Lipinski definition) is 1. The first-order valence-corrected chi connectivity index (χ1v) is 10.8. The third-order valence-corrected chi connectivity index (χ3v) is 5.76. The highest BCUT2D eigenvalue weighted by atomic mass is 16.6. The second-order valence-electron chi connectivity index (χ2n) is 8.15. The lowest BCUT2D eigenvalue weighted by molar-refractivity contribution is -0.122. The van der Waals surface area contributed by atoms with E-state index >= 15 is 0 Å². The summed E-state index contributed by atoms with van der Waals surface area (Å²) in [7, 11) is 0. The summed E-state index contributed by atoms with van der Waals surface area (Å²) in [6, 6.07) is 13.7. The SMILES string of the molecule is CCN(c1ccc(NC(=O)[C@H]2CC(=O)N(c3ccc4c(c3)OCCO4)C2)cc1)C(C)C. The molecule has 1 N–H and O–H groups in total. The molecule has 0 unspecified atom stereocenters. The summed E-state index contributed by atoms with van der Waals surface area (Å²) in [5, 5.41) is 2.96. The Morgan fingerprint density at radius 3 is 2.52 bits per heavy atom. The largest absolute Gasteiger partial charge is 0.486 e. The van der Waals surface area contributed by atoms with Crippen LogP contribution < -0.4 is 24.6 Å². The third kappa shape index (κ3) is 4.45. The van der Waals surface area contributed by atoms with Gasteiger partial charge in [-0.05, 0) is 57.2 Å². The van der Waals surface area contributed by atoms with Crippen molar-refractivity contribution in [2.24, 2.45) is 5.92 Å². The Morgan fingerprint density at radius 1 is 1.13 bits per heavy atom. The molecule has 0 radical (unpaired) electrons. The van der Waals surface area contributed by atoms with Crippen LogP contribution in [0.1, 0.15) is 27.2 Å². The molecule has 164 valence electrons.